The number of aliphatic hydroxyl groups is 1. The highest BCUT2D eigenvalue weighted by Gasteiger charge is 2.21. The zero-order valence-corrected chi connectivity index (χ0v) is 13.1. The lowest BCUT2D eigenvalue weighted by atomic mass is 9.96. The van der Waals surface area contributed by atoms with E-state index in [2.05, 4.69) is 31.2 Å². The minimum absolute atomic E-state index is 0.00910. The molecule has 0 unspecified atom stereocenters. The van der Waals surface area contributed by atoms with Crippen LogP contribution in [0.3, 0.4) is 0 Å². The summed E-state index contributed by atoms with van der Waals surface area (Å²) in [5, 5.41) is 16.0. The van der Waals surface area contributed by atoms with Crippen LogP contribution in [0.1, 0.15) is 32.9 Å². The van der Waals surface area contributed by atoms with Crippen LogP contribution in [-0.2, 0) is 7.05 Å². The number of nitrogens with one attached hydrogen (secondary N) is 1. The molecule has 0 aromatic carbocycles. The second kappa shape index (κ2) is 6.74. The molecule has 6 heteroatoms. The smallest absolute Gasteiger partial charge is 0.323 e. The van der Waals surface area contributed by atoms with Crippen LogP contribution < -0.4 is 5.32 Å². The molecule has 114 valence electrons. The van der Waals surface area contributed by atoms with Crippen LogP contribution >= 0.6 is 0 Å². The first kappa shape index (κ1) is 16.5. The quantitative estimate of drug-likeness (QED) is 0.867. The number of carbonyl (C=O) groups is 1. The number of aliphatic hydroxyl groups excluding tert-OH is 1. The fourth-order valence-corrected chi connectivity index (χ4v) is 2.00. The Morgan fingerprint density at radius 1 is 1.50 bits per heavy atom. The third-order valence-electron chi connectivity index (χ3n) is 2.78. The molecule has 0 atom stereocenters. The molecule has 0 spiro atoms. The van der Waals surface area contributed by atoms with Crippen LogP contribution in [-0.4, -0.2) is 45.5 Å². The minimum atomic E-state index is -0.156. The molecule has 0 saturated heterocycles. The third-order valence-corrected chi connectivity index (χ3v) is 2.78. The predicted octanol–water partition coefficient (Wildman–Crippen LogP) is 1.99. The Labute approximate surface area is 120 Å². The van der Waals surface area contributed by atoms with Gasteiger partial charge in [-0.15, -0.1) is 0 Å². The van der Waals surface area contributed by atoms with Crippen molar-refractivity contribution in [3.05, 3.63) is 11.8 Å². The molecule has 0 aliphatic carbocycles. The van der Waals surface area contributed by atoms with Crippen molar-refractivity contribution in [2.75, 3.05) is 25.0 Å². The highest BCUT2D eigenvalue weighted by molar-refractivity contribution is 5.88. The third kappa shape index (κ3) is 5.21. The van der Waals surface area contributed by atoms with Gasteiger partial charge in [0.1, 0.15) is 5.82 Å². The van der Waals surface area contributed by atoms with Gasteiger partial charge in [-0.2, -0.15) is 5.10 Å². The van der Waals surface area contributed by atoms with Crippen molar-refractivity contribution < 1.29 is 9.90 Å². The van der Waals surface area contributed by atoms with E-state index < -0.39 is 0 Å². The van der Waals surface area contributed by atoms with Crippen LogP contribution in [0.2, 0.25) is 0 Å². The Morgan fingerprint density at radius 3 is 2.60 bits per heavy atom. The van der Waals surface area contributed by atoms with Crippen LogP contribution in [0, 0.1) is 12.3 Å². The molecule has 0 fully saturated rings. The summed E-state index contributed by atoms with van der Waals surface area (Å²) >= 11 is 0. The van der Waals surface area contributed by atoms with Gasteiger partial charge in [0.2, 0.25) is 0 Å². The fourth-order valence-electron chi connectivity index (χ4n) is 2.00. The number of aromatic nitrogens is 2. The van der Waals surface area contributed by atoms with Crippen molar-refractivity contribution in [1.29, 1.82) is 0 Å². The topological polar surface area (TPSA) is 70.4 Å². The molecule has 1 aromatic rings. The number of amides is 2. The lowest BCUT2D eigenvalue weighted by Crippen LogP contribution is -2.41. The van der Waals surface area contributed by atoms with Gasteiger partial charge in [0.15, 0.2) is 0 Å². The zero-order valence-electron chi connectivity index (χ0n) is 13.1. The molecule has 20 heavy (non-hydrogen) atoms. The summed E-state index contributed by atoms with van der Waals surface area (Å²) in [6, 6.07) is 1.68. The number of carbonyl (C=O) groups excluding carboxylic acids is 1. The number of hydrogen-bond donors (Lipinski definition) is 2. The highest BCUT2D eigenvalue weighted by Crippen LogP contribution is 2.17. The molecule has 0 aliphatic heterocycles. The van der Waals surface area contributed by atoms with Gasteiger partial charge in [-0.3, -0.25) is 10.00 Å². The number of anilines is 1. The van der Waals surface area contributed by atoms with Gasteiger partial charge in [-0.05, 0) is 18.8 Å². The van der Waals surface area contributed by atoms with Gasteiger partial charge in [-0.25, -0.2) is 4.79 Å². The number of nitrogens with zero attached hydrogens (tertiary/aromatic N) is 3. The summed E-state index contributed by atoms with van der Waals surface area (Å²) in [4.78, 5) is 14.1. The lowest BCUT2D eigenvalue weighted by Gasteiger charge is -2.30. The highest BCUT2D eigenvalue weighted by atomic mass is 16.3. The SMILES string of the molecule is Cc1cc(NC(=O)N(CCCO)CC(C)(C)C)n(C)n1. The molecule has 2 amide bonds. The van der Waals surface area contributed by atoms with Crippen molar-refractivity contribution in [2.45, 2.75) is 34.1 Å². The van der Waals surface area contributed by atoms with E-state index in [9.17, 15) is 4.79 Å². The normalized spacial score (nSPS) is 11.5. The minimum Gasteiger partial charge on any atom is -0.396 e. The first-order valence-electron chi connectivity index (χ1n) is 6.90. The van der Waals surface area contributed by atoms with Crippen molar-refractivity contribution in [3.63, 3.8) is 0 Å². The second-order valence-corrected chi connectivity index (χ2v) is 6.28. The van der Waals surface area contributed by atoms with Crippen LogP contribution in [0.25, 0.3) is 0 Å². The number of hydrogen-bond acceptors (Lipinski definition) is 3. The number of aryl methyl sites for hydroxylation is 2. The molecule has 6 nitrogen and oxygen atoms in total. The molecule has 0 bridgehead atoms. The molecule has 0 saturated carbocycles. The Bertz CT molecular complexity index is 449. The molecule has 1 heterocycles. The molecule has 2 N–H and O–H groups in total. The van der Waals surface area contributed by atoms with Crippen molar-refractivity contribution in [3.8, 4) is 0 Å². The Hall–Kier alpha value is -1.56. The zero-order chi connectivity index (χ0) is 15.3. The predicted molar refractivity (Wildman–Crippen MR) is 79.7 cm³/mol. The van der Waals surface area contributed by atoms with Crippen molar-refractivity contribution in [1.82, 2.24) is 14.7 Å². The number of rotatable bonds is 5. The molecular formula is C14H26N4O2. The van der Waals surface area contributed by atoms with E-state index in [0.29, 0.717) is 25.3 Å². The van der Waals surface area contributed by atoms with E-state index >= 15 is 0 Å². The Morgan fingerprint density at radius 2 is 2.15 bits per heavy atom. The van der Waals surface area contributed by atoms with E-state index in [-0.39, 0.29) is 18.1 Å². The average Bonchev–Trinajstić information content (AvgIpc) is 2.61. The van der Waals surface area contributed by atoms with Crippen LogP contribution in [0.5, 0.6) is 0 Å². The summed E-state index contributed by atoms with van der Waals surface area (Å²) in [6.07, 6.45) is 0.577. The maximum absolute atomic E-state index is 12.3. The van der Waals surface area contributed by atoms with E-state index in [4.69, 9.17) is 5.11 Å². The van der Waals surface area contributed by atoms with E-state index in [0.717, 1.165) is 5.69 Å². The molecular weight excluding hydrogens is 256 g/mol. The maximum Gasteiger partial charge on any atom is 0.323 e. The molecule has 0 aliphatic rings. The van der Waals surface area contributed by atoms with Crippen molar-refractivity contribution >= 4 is 11.8 Å². The summed E-state index contributed by atoms with van der Waals surface area (Å²) in [5.74, 6) is 0.676. The first-order chi connectivity index (χ1) is 9.23. The Balaban J connectivity index is 2.74. The summed E-state index contributed by atoms with van der Waals surface area (Å²) in [7, 11) is 1.80. The Kier molecular flexibility index (Phi) is 5.56. The summed E-state index contributed by atoms with van der Waals surface area (Å²) in [5.41, 5.74) is 0.871. The van der Waals surface area contributed by atoms with E-state index in [1.165, 1.54) is 0 Å². The average molecular weight is 282 g/mol. The molecule has 1 aromatic heterocycles. The second-order valence-electron chi connectivity index (χ2n) is 6.28. The van der Waals surface area contributed by atoms with Crippen molar-refractivity contribution in [2.24, 2.45) is 12.5 Å². The van der Waals surface area contributed by atoms with Gasteiger partial charge in [0.25, 0.3) is 0 Å². The maximum atomic E-state index is 12.3. The van der Waals surface area contributed by atoms with Gasteiger partial charge in [0, 0.05) is 32.8 Å². The van der Waals surface area contributed by atoms with Crippen LogP contribution in [0.15, 0.2) is 6.07 Å². The molecule has 0 radical (unpaired) electrons. The fraction of sp³-hybridized carbons (Fsp3) is 0.714. The lowest BCUT2D eigenvalue weighted by molar-refractivity contribution is 0.175. The van der Waals surface area contributed by atoms with Gasteiger partial charge >= 0.3 is 6.03 Å². The summed E-state index contributed by atoms with van der Waals surface area (Å²) in [6.45, 7) is 9.39. The largest absolute Gasteiger partial charge is 0.396 e. The van der Waals surface area contributed by atoms with Crippen LogP contribution in [0.4, 0.5) is 10.6 Å². The monoisotopic (exact) mass is 282 g/mol. The first-order valence-corrected chi connectivity index (χ1v) is 6.90. The van der Waals surface area contributed by atoms with E-state index in [1.807, 2.05) is 13.0 Å². The van der Waals surface area contributed by atoms with E-state index in [1.54, 1.807) is 16.6 Å². The standard InChI is InChI=1S/C14H26N4O2/c1-11-9-12(17(5)16-11)15-13(20)18(7-6-8-19)10-14(2,3)4/h9,19H,6-8,10H2,1-5H3,(H,15,20). The van der Waals surface area contributed by atoms with Gasteiger partial charge in [0.05, 0.1) is 5.69 Å². The van der Waals surface area contributed by atoms with Gasteiger partial charge in [-0.1, -0.05) is 20.8 Å². The summed E-state index contributed by atoms with van der Waals surface area (Å²) < 4.78 is 1.65. The van der Waals surface area contributed by atoms with Gasteiger partial charge < -0.3 is 10.0 Å². The molecule has 1 rings (SSSR count). The number of urea groups is 1.